The van der Waals surface area contributed by atoms with Gasteiger partial charge < -0.3 is 19.5 Å². The summed E-state index contributed by atoms with van der Waals surface area (Å²) in [4.78, 5) is 35.0. The van der Waals surface area contributed by atoms with E-state index in [-0.39, 0.29) is 24.3 Å². The number of carbonyl (C=O) groups excluding carboxylic acids is 2. The number of thiophene rings is 1. The lowest BCUT2D eigenvalue weighted by Gasteiger charge is -2.36. The van der Waals surface area contributed by atoms with Crippen molar-refractivity contribution in [3.8, 4) is 16.5 Å². The van der Waals surface area contributed by atoms with Gasteiger partial charge in [0.1, 0.15) is 11.8 Å². The van der Waals surface area contributed by atoms with Crippen molar-refractivity contribution in [3.05, 3.63) is 53.7 Å². The maximum Gasteiger partial charge on any atom is 0.258 e. The molecule has 180 valence electrons. The normalized spacial score (nSPS) is 15.3. The van der Waals surface area contributed by atoms with Crippen molar-refractivity contribution in [2.24, 2.45) is 5.92 Å². The second-order valence-electron chi connectivity index (χ2n) is 8.48. The van der Waals surface area contributed by atoms with Gasteiger partial charge in [0.25, 0.3) is 5.91 Å². The fourth-order valence-corrected chi connectivity index (χ4v) is 4.38. The van der Waals surface area contributed by atoms with Gasteiger partial charge in [0.05, 0.1) is 11.4 Å². The number of carbonyl (C=O) groups is 2. The summed E-state index contributed by atoms with van der Waals surface area (Å²) in [7, 11) is 0. The van der Waals surface area contributed by atoms with Crippen LogP contribution in [0.25, 0.3) is 10.7 Å². The number of hydrogen-bond donors (Lipinski definition) is 1. The van der Waals surface area contributed by atoms with E-state index in [4.69, 9.17) is 9.26 Å². The monoisotopic (exact) mass is 483 g/mol. The number of ether oxygens (including phenoxy) is 1. The molecule has 10 heteroatoms. The number of hydrogen-bond acceptors (Lipinski definition) is 8. The Labute approximate surface area is 202 Å². The highest BCUT2D eigenvalue weighted by atomic mass is 32.1. The fraction of sp³-hybridized carbons (Fsp3) is 0.417. The zero-order valence-electron chi connectivity index (χ0n) is 19.3. The van der Waals surface area contributed by atoms with Crippen molar-refractivity contribution in [3.63, 3.8) is 0 Å². The second-order valence-corrected chi connectivity index (χ2v) is 9.43. The van der Waals surface area contributed by atoms with Crippen LogP contribution >= 0.6 is 11.3 Å². The molecule has 2 aromatic heterocycles. The van der Waals surface area contributed by atoms with Crippen LogP contribution in [-0.4, -0.2) is 70.6 Å². The number of benzene rings is 1. The molecule has 4 rings (SSSR count). The van der Waals surface area contributed by atoms with Crippen molar-refractivity contribution < 1.29 is 18.8 Å². The molecule has 0 spiro atoms. The lowest BCUT2D eigenvalue weighted by molar-refractivity contribution is -0.139. The van der Waals surface area contributed by atoms with Crippen LogP contribution in [0.1, 0.15) is 19.7 Å². The first-order valence-electron chi connectivity index (χ1n) is 11.3. The summed E-state index contributed by atoms with van der Waals surface area (Å²) in [6, 6.07) is 12.5. The molecule has 1 N–H and O–H groups in total. The van der Waals surface area contributed by atoms with E-state index in [1.807, 2.05) is 54.5 Å². The van der Waals surface area contributed by atoms with Gasteiger partial charge in [-0.05, 0) is 29.5 Å². The number of para-hydroxylation sites is 1. The zero-order valence-corrected chi connectivity index (χ0v) is 20.2. The predicted octanol–water partition coefficient (Wildman–Crippen LogP) is 2.66. The second kappa shape index (κ2) is 11.3. The summed E-state index contributed by atoms with van der Waals surface area (Å²) in [5.74, 6) is 1.36. The van der Waals surface area contributed by atoms with Crippen LogP contribution in [0.4, 0.5) is 0 Å². The third-order valence-corrected chi connectivity index (χ3v) is 6.48. The van der Waals surface area contributed by atoms with Crippen molar-refractivity contribution >= 4 is 23.2 Å². The maximum atomic E-state index is 13.2. The number of piperazine rings is 1. The molecule has 1 saturated heterocycles. The Bertz CT molecular complexity index is 1060. The number of aromatic nitrogens is 2. The summed E-state index contributed by atoms with van der Waals surface area (Å²) >= 11 is 1.57. The Morgan fingerprint density at radius 3 is 2.56 bits per heavy atom. The molecule has 9 nitrogen and oxygen atoms in total. The molecular formula is C24H29N5O4S. The molecule has 3 aromatic rings. The molecule has 1 aliphatic rings. The quantitative estimate of drug-likeness (QED) is 0.499. The molecule has 1 aromatic carbocycles. The Balaban J connectivity index is 1.25. The summed E-state index contributed by atoms with van der Waals surface area (Å²) in [6.07, 6.45) is 0. The number of rotatable bonds is 9. The smallest absolute Gasteiger partial charge is 0.258 e. The Morgan fingerprint density at radius 1 is 1.12 bits per heavy atom. The lowest BCUT2D eigenvalue weighted by Crippen LogP contribution is -2.56. The molecule has 1 aliphatic heterocycles. The SMILES string of the molecule is CC(C)C(NC(=O)COc1ccccc1)C(=O)N1CCN(Cc2nc(-c3cccs3)no2)CC1. The lowest BCUT2D eigenvalue weighted by atomic mass is 10.0. The first kappa shape index (κ1) is 23.9. The number of nitrogens with one attached hydrogen (secondary N) is 1. The average Bonchev–Trinajstić information content (AvgIpc) is 3.54. The number of nitrogens with zero attached hydrogens (tertiary/aromatic N) is 4. The standard InChI is InChI=1S/C24H29N5O4S/c1-17(2)22(25-20(30)16-32-18-7-4-3-5-8-18)24(31)29-12-10-28(11-13-29)15-21-26-23(27-33-21)19-9-6-14-34-19/h3-9,14,17,22H,10-13,15-16H2,1-2H3,(H,25,30). The molecule has 0 radical (unpaired) electrons. The van der Waals surface area contributed by atoms with Gasteiger partial charge in [-0.1, -0.05) is 43.3 Å². The van der Waals surface area contributed by atoms with E-state index < -0.39 is 6.04 Å². The van der Waals surface area contributed by atoms with Crippen LogP contribution in [-0.2, 0) is 16.1 Å². The van der Waals surface area contributed by atoms with Crippen molar-refractivity contribution in [2.75, 3.05) is 32.8 Å². The Hall–Kier alpha value is -3.24. The topological polar surface area (TPSA) is 101 Å². The summed E-state index contributed by atoms with van der Waals surface area (Å²) < 4.78 is 10.9. The van der Waals surface area contributed by atoms with E-state index in [9.17, 15) is 9.59 Å². The average molecular weight is 484 g/mol. The van der Waals surface area contributed by atoms with Crippen molar-refractivity contribution in [1.82, 2.24) is 25.3 Å². The molecule has 34 heavy (non-hydrogen) atoms. The highest BCUT2D eigenvalue weighted by Crippen LogP contribution is 2.22. The molecule has 1 fully saturated rings. The molecule has 0 aliphatic carbocycles. The van der Waals surface area contributed by atoms with Gasteiger partial charge in [-0.15, -0.1) is 11.3 Å². The molecular weight excluding hydrogens is 454 g/mol. The molecule has 1 atom stereocenters. The van der Waals surface area contributed by atoms with E-state index in [2.05, 4.69) is 20.4 Å². The van der Waals surface area contributed by atoms with E-state index in [0.717, 1.165) is 4.88 Å². The minimum atomic E-state index is -0.595. The Kier molecular flexibility index (Phi) is 7.91. The van der Waals surface area contributed by atoms with Gasteiger partial charge in [-0.3, -0.25) is 14.5 Å². The van der Waals surface area contributed by atoms with Crippen LogP contribution in [0.5, 0.6) is 5.75 Å². The molecule has 0 bridgehead atoms. The summed E-state index contributed by atoms with van der Waals surface area (Å²) in [5.41, 5.74) is 0. The fourth-order valence-electron chi connectivity index (χ4n) is 3.73. The van der Waals surface area contributed by atoms with Crippen LogP contribution in [0, 0.1) is 5.92 Å². The number of amides is 2. The van der Waals surface area contributed by atoms with E-state index in [1.54, 1.807) is 23.5 Å². The van der Waals surface area contributed by atoms with Gasteiger partial charge in [-0.2, -0.15) is 4.98 Å². The third kappa shape index (κ3) is 6.21. The largest absolute Gasteiger partial charge is 0.484 e. The van der Waals surface area contributed by atoms with Gasteiger partial charge in [0.15, 0.2) is 6.61 Å². The molecule has 0 saturated carbocycles. The van der Waals surface area contributed by atoms with Gasteiger partial charge >= 0.3 is 0 Å². The zero-order chi connectivity index (χ0) is 23.9. The molecule has 2 amide bonds. The molecule has 1 unspecified atom stereocenters. The third-order valence-electron chi connectivity index (χ3n) is 5.61. The highest BCUT2D eigenvalue weighted by Gasteiger charge is 2.31. The first-order chi connectivity index (χ1) is 16.5. The predicted molar refractivity (Wildman–Crippen MR) is 128 cm³/mol. The van der Waals surface area contributed by atoms with Crippen LogP contribution in [0.15, 0.2) is 52.4 Å². The van der Waals surface area contributed by atoms with E-state index in [0.29, 0.717) is 50.2 Å². The van der Waals surface area contributed by atoms with Gasteiger partial charge in [0.2, 0.25) is 17.6 Å². The first-order valence-corrected chi connectivity index (χ1v) is 12.2. The van der Waals surface area contributed by atoms with E-state index >= 15 is 0 Å². The maximum absolute atomic E-state index is 13.2. The summed E-state index contributed by atoms with van der Waals surface area (Å²) in [5, 5.41) is 8.88. The minimum Gasteiger partial charge on any atom is -0.484 e. The van der Waals surface area contributed by atoms with Crippen LogP contribution < -0.4 is 10.1 Å². The highest BCUT2D eigenvalue weighted by molar-refractivity contribution is 7.13. The van der Waals surface area contributed by atoms with Crippen LogP contribution in [0.3, 0.4) is 0 Å². The van der Waals surface area contributed by atoms with Crippen molar-refractivity contribution in [2.45, 2.75) is 26.4 Å². The van der Waals surface area contributed by atoms with Crippen molar-refractivity contribution in [1.29, 1.82) is 0 Å². The van der Waals surface area contributed by atoms with Gasteiger partial charge in [0, 0.05) is 26.2 Å². The minimum absolute atomic E-state index is 0.0414. The summed E-state index contributed by atoms with van der Waals surface area (Å²) in [6.45, 7) is 6.80. The van der Waals surface area contributed by atoms with Crippen LogP contribution in [0.2, 0.25) is 0 Å². The Morgan fingerprint density at radius 2 is 1.88 bits per heavy atom. The van der Waals surface area contributed by atoms with Gasteiger partial charge in [-0.25, -0.2) is 0 Å². The molecule has 3 heterocycles. The van der Waals surface area contributed by atoms with E-state index in [1.165, 1.54) is 0 Å².